The normalized spacial score (nSPS) is 18.2. The van der Waals surface area contributed by atoms with Crippen LogP contribution in [-0.4, -0.2) is 53.3 Å². The van der Waals surface area contributed by atoms with Crippen LogP contribution in [0.25, 0.3) is 5.95 Å². The van der Waals surface area contributed by atoms with Crippen molar-refractivity contribution in [2.75, 3.05) is 23.7 Å². The average molecular weight is 312 g/mol. The maximum absolute atomic E-state index is 6.00. The van der Waals surface area contributed by atoms with Crippen LogP contribution >= 0.6 is 23.4 Å². The number of rotatable bonds is 2. The van der Waals surface area contributed by atoms with Gasteiger partial charge in [-0.1, -0.05) is 0 Å². The molecule has 2 aromatic heterocycles. The van der Waals surface area contributed by atoms with E-state index in [0.29, 0.717) is 11.9 Å². The molecule has 0 aliphatic carbocycles. The summed E-state index contributed by atoms with van der Waals surface area (Å²) in [5.41, 5.74) is 0. The standard InChI is InChI=1S/C11H14ClN7S/c1-11(2)5-18(3-4-20-11)9-15-8(12)16-10(17-9)19-7-13-6-14-19/h6-7H,3-5H2,1-2H3. The number of aromatic nitrogens is 6. The van der Waals surface area contributed by atoms with Gasteiger partial charge < -0.3 is 4.90 Å². The van der Waals surface area contributed by atoms with Gasteiger partial charge in [-0.3, -0.25) is 0 Å². The summed E-state index contributed by atoms with van der Waals surface area (Å²) in [7, 11) is 0. The molecule has 20 heavy (non-hydrogen) atoms. The van der Waals surface area contributed by atoms with Gasteiger partial charge in [0, 0.05) is 23.6 Å². The van der Waals surface area contributed by atoms with E-state index in [0.717, 1.165) is 18.8 Å². The smallest absolute Gasteiger partial charge is 0.258 e. The Morgan fingerprint density at radius 3 is 2.75 bits per heavy atom. The summed E-state index contributed by atoms with van der Waals surface area (Å²) in [6.45, 7) is 6.19. The van der Waals surface area contributed by atoms with Crippen molar-refractivity contribution in [1.82, 2.24) is 29.7 Å². The molecule has 3 rings (SSSR count). The van der Waals surface area contributed by atoms with Crippen molar-refractivity contribution in [3.8, 4) is 5.95 Å². The Hall–Kier alpha value is -1.41. The summed E-state index contributed by atoms with van der Waals surface area (Å²) in [5, 5.41) is 4.18. The summed E-state index contributed by atoms with van der Waals surface area (Å²) >= 11 is 7.95. The molecule has 0 spiro atoms. The van der Waals surface area contributed by atoms with Crippen LogP contribution in [0.5, 0.6) is 0 Å². The van der Waals surface area contributed by atoms with Crippen molar-refractivity contribution in [1.29, 1.82) is 0 Å². The van der Waals surface area contributed by atoms with E-state index >= 15 is 0 Å². The lowest BCUT2D eigenvalue weighted by atomic mass is 10.2. The third-order valence-electron chi connectivity index (χ3n) is 2.92. The van der Waals surface area contributed by atoms with Crippen LogP contribution in [0.1, 0.15) is 13.8 Å². The average Bonchev–Trinajstić information content (AvgIpc) is 2.90. The molecule has 0 unspecified atom stereocenters. The van der Waals surface area contributed by atoms with Crippen LogP contribution in [0, 0.1) is 0 Å². The highest BCUT2D eigenvalue weighted by molar-refractivity contribution is 8.00. The zero-order valence-corrected chi connectivity index (χ0v) is 12.8. The van der Waals surface area contributed by atoms with Gasteiger partial charge in [-0.25, -0.2) is 4.98 Å². The van der Waals surface area contributed by atoms with Gasteiger partial charge in [-0.05, 0) is 25.4 Å². The highest BCUT2D eigenvalue weighted by atomic mass is 35.5. The predicted octanol–water partition coefficient (Wildman–Crippen LogP) is 1.44. The van der Waals surface area contributed by atoms with Gasteiger partial charge in [0.15, 0.2) is 0 Å². The number of thioether (sulfide) groups is 1. The highest BCUT2D eigenvalue weighted by Crippen LogP contribution is 2.31. The Kier molecular flexibility index (Phi) is 3.51. The number of nitrogens with zero attached hydrogens (tertiary/aromatic N) is 7. The molecule has 0 amide bonds. The highest BCUT2D eigenvalue weighted by Gasteiger charge is 2.29. The topological polar surface area (TPSA) is 72.6 Å². The van der Waals surface area contributed by atoms with Crippen LogP contribution < -0.4 is 4.90 Å². The second-order valence-corrected chi connectivity index (χ2v) is 7.21. The van der Waals surface area contributed by atoms with E-state index in [-0.39, 0.29) is 10.0 Å². The molecular formula is C11H14ClN7S. The van der Waals surface area contributed by atoms with Crippen molar-refractivity contribution >= 4 is 29.3 Å². The first-order valence-electron chi connectivity index (χ1n) is 6.19. The molecule has 2 aromatic rings. The van der Waals surface area contributed by atoms with Crippen LogP contribution in [0.3, 0.4) is 0 Å². The molecule has 9 heteroatoms. The zero-order valence-electron chi connectivity index (χ0n) is 11.2. The largest absolute Gasteiger partial charge is 0.338 e. The molecule has 0 radical (unpaired) electrons. The summed E-state index contributed by atoms with van der Waals surface area (Å²) < 4.78 is 1.64. The maximum atomic E-state index is 6.00. The van der Waals surface area contributed by atoms with Crippen molar-refractivity contribution in [2.45, 2.75) is 18.6 Å². The van der Waals surface area contributed by atoms with E-state index in [4.69, 9.17) is 11.6 Å². The molecule has 1 fully saturated rings. The summed E-state index contributed by atoms with van der Waals surface area (Å²) in [4.78, 5) is 18.8. The van der Waals surface area contributed by atoms with Crippen LogP contribution in [0.4, 0.5) is 5.95 Å². The molecule has 0 N–H and O–H groups in total. The zero-order chi connectivity index (χ0) is 14.2. The maximum Gasteiger partial charge on any atom is 0.258 e. The molecule has 1 saturated heterocycles. The third kappa shape index (κ3) is 2.85. The monoisotopic (exact) mass is 311 g/mol. The molecule has 0 bridgehead atoms. The molecular weight excluding hydrogens is 298 g/mol. The molecule has 7 nitrogen and oxygen atoms in total. The fourth-order valence-electron chi connectivity index (χ4n) is 2.07. The minimum absolute atomic E-state index is 0.163. The minimum Gasteiger partial charge on any atom is -0.338 e. The van der Waals surface area contributed by atoms with Gasteiger partial charge >= 0.3 is 0 Å². The number of anilines is 1. The number of hydrogen-bond acceptors (Lipinski definition) is 7. The van der Waals surface area contributed by atoms with Crippen LogP contribution in [0.2, 0.25) is 5.28 Å². The first-order chi connectivity index (χ1) is 9.53. The first-order valence-corrected chi connectivity index (χ1v) is 7.55. The van der Waals surface area contributed by atoms with Gasteiger partial charge in [0.1, 0.15) is 12.7 Å². The van der Waals surface area contributed by atoms with Crippen molar-refractivity contribution < 1.29 is 0 Å². The van der Waals surface area contributed by atoms with E-state index in [1.165, 1.54) is 17.3 Å². The Balaban J connectivity index is 1.94. The van der Waals surface area contributed by atoms with E-state index in [1.807, 2.05) is 11.8 Å². The second-order valence-electron chi connectivity index (χ2n) is 5.07. The van der Waals surface area contributed by atoms with Crippen molar-refractivity contribution in [3.63, 3.8) is 0 Å². The van der Waals surface area contributed by atoms with E-state index in [9.17, 15) is 0 Å². The number of hydrogen-bond donors (Lipinski definition) is 0. The Bertz CT molecular complexity index is 601. The van der Waals surface area contributed by atoms with Gasteiger partial charge in [-0.2, -0.15) is 36.5 Å². The van der Waals surface area contributed by atoms with Gasteiger partial charge in [0.25, 0.3) is 5.95 Å². The summed E-state index contributed by atoms with van der Waals surface area (Å²) in [5.74, 6) is 2.01. The lowest BCUT2D eigenvalue weighted by Gasteiger charge is -2.37. The number of halogens is 1. The molecule has 3 heterocycles. The first kappa shape index (κ1) is 13.6. The molecule has 106 valence electrons. The van der Waals surface area contributed by atoms with Crippen molar-refractivity contribution in [3.05, 3.63) is 17.9 Å². The van der Waals surface area contributed by atoms with Gasteiger partial charge in [0.05, 0.1) is 0 Å². The van der Waals surface area contributed by atoms with E-state index in [2.05, 4.69) is 43.8 Å². The predicted molar refractivity (Wildman–Crippen MR) is 78.5 cm³/mol. The van der Waals surface area contributed by atoms with E-state index in [1.54, 1.807) is 0 Å². The molecule has 0 saturated carbocycles. The fraction of sp³-hybridized carbons (Fsp3) is 0.545. The van der Waals surface area contributed by atoms with Crippen LogP contribution in [-0.2, 0) is 0 Å². The quantitative estimate of drug-likeness (QED) is 0.830. The molecule has 1 aliphatic heterocycles. The van der Waals surface area contributed by atoms with Crippen LogP contribution in [0.15, 0.2) is 12.7 Å². The Morgan fingerprint density at radius 1 is 1.25 bits per heavy atom. The summed E-state index contributed by atoms with van der Waals surface area (Å²) in [6, 6.07) is 0. The fourth-order valence-corrected chi connectivity index (χ4v) is 3.33. The Morgan fingerprint density at radius 2 is 2.05 bits per heavy atom. The Labute approximate surface area is 125 Å². The lowest BCUT2D eigenvalue weighted by molar-refractivity contribution is 0.631. The van der Waals surface area contributed by atoms with E-state index < -0.39 is 0 Å². The SMILES string of the molecule is CC1(C)CN(c2nc(Cl)nc(-n3cncn3)n2)CCS1. The lowest BCUT2D eigenvalue weighted by Crippen LogP contribution is -2.44. The summed E-state index contributed by atoms with van der Waals surface area (Å²) in [6.07, 6.45) is 2.96. The third-order valence-corrected chi connectivity index (χ3v) is 4.38. The van der Waals surface area contributed by atoms with Gasteiger partial charge in [0.2, 0.25) is 11.2 Å². The molecule has 1 aliphatic rings. The van der Waals surface area contributed by atoms with Crippen molar-refractivity contribution in [2.24, 2.45) is 0 Å². The van der Waals surface area contributed by atoms with Gasteiger partial charge in [-0.15, -0.1) is 0 Å². The minimum atomic E-state index is 0.163. The molecule has 0 atom stereocenters. The second kappa shape index (κ2) is 5.17. The molecule has 0 aromatic carbocycles.